The van der Waals surface area contributed by atoms with Crippen molar-refractivity contribution in [2.45, 2.75) is 38.7 Å². The summed E-state index contributed by atoms with van der Waals surface area (Å²) in [7, 11) is 0. The second-order valence-corrected chi connectivity index (χ2v) is 8.51. The van der Waals surface area contributed by atoms with Gasteiger partial charge in [0.2, 0.25) is 0 Å². The largest absolute Gasteiger partial charge is 0.389 e. The third kappa shape index (κ3) is 4.10. The van der Waals surface area contributed by atoms with Gasteiger partial charge in [0.15, 0.2) is 5.78 Å². The molecule has 2 N–H and O–H groups in total. The SMILES string of the molecule is CC(=O)C1=C(Nc2ccc(Br)cc2)C[C@@](C)(O)[C@H](C(C)=O)[C@H]1c1ccccc1. The van der Waals surface area contributed by atoms with Crippen LogP contribution in [0, 0.1) is 5.92 Å². The number of Topliss-reactive ketones (excluding diaryl/α,β-unsaturated/α-hetero) is 2. The Morgan fingerprint density at radius 3 is 2.21 bits per heavy atom. The monoisotopic (exact) mass is 441 g/mol. The van der Waals surface area contributed by atoms with E-state index in [0.29, 0.717) is 11.3 Å². The predicted octanol–water partition coefficient (Wildman–Crippen LogP) is 4.85. The normalized spacial score (nSPS) is 24.8. The van der Waals surface area contributed by atoms with E-state index in [2.05, 4.69) is 21.2 Å². The Hall–Kier alpha value is -2.24. The molecule has 0 fully saturated rings. The lowest BCUT2D eigenvalue weighted by Gasteiger charge is -2.43. The Bertz CT molecular complexity index is 917. The molecule has 28 heavy (non-hydrogen) atoms. The van der Waals surface area contributed by atoms with Crippen LogP contribution in [0.5, 0.6) is 0 Å². The van der Waals surface area contributed by atoms with Gasteiger partial charge in [-0.3, -0.25) is 9.59 Å². The Morgan fingerprint density at radius 1 is 1.07 bits per heavy atom. The van der Waals surface area contributed by atoms with E-state index in [0.717, 1.165) is 15.7 Å². The number of allylic oxidation sites excluding steroid dienone is 1. The molecule has 0 aromatic heterocycles. The summed E-state index contributed by atoms with van der Waals surface area (Å²) in [5.74, 6) is -1.42. The molecule has 0 saturated heterocycles. The molecule has 0 aliphatic heterocycles. The van der Waals surface area contributed by atoms with Crippen LogP contribution in [0.4, 0.5) is 5.69 Å². The number of rotatable bonds is 5. The zero-order chi connectivity index (χ0) is 20.5. The van der Waals surface area contributed by atoms with Crippen molar-refractivity contribution in [2.75, 3.05) is 5.32 Å². The van der Waals surface area contributed by atoms with Crippen molar-refractivity contribution in [3.05, 3.63) is 75.9 Å². The van der Waals surface area contributed by atoms with Crippen LogP contribution < -0.4 is 5.32 Å². The Labute approximate surface area is 173 Å². The fourth-order valence-electron chi connectivity index (χ4n) is 4.22. The minimum Gasteiger partial charge on any atom is -0.389 e. The third-order valence-electron chi connectivity index (χ3n) is 5.29. The molecule has 146 valence electrons. The highest BCUT2D eigenvalue weighted by atomic mass is 79.9. The van der Waals surface area contributed by atoms with Gasteiger partial charge in [-0.05, 0) is 50.6 Å². The first kappa shape index (κ1) is 20.5. The highest BCUT2D eigenvalue weighted by molar-refractivity contribution is 9.10. The lowest BCUT2D eigenvalue weighted by Crippen LogP contribution is -2.48. The second kappa shape index (κ2) is 8.02. The summed E-state index contributed by atoms with van der Waals surface area (Å²) < 4.78 is 0.952. The fraction of sp³-hybridized carbons (Fsp3) is 0.304. The van der Waals surface area contributed by atoms with Crippen LogP contribution in [-0.2, 0) is 9.59 Å². The molecule has 0 spiro atoms. The topological polar surface area (TPSA) is 66.4 Å². The first-order chi connectivity index (χ1) is 13.2. The van der Waals surface area contributed by atoms with E-state index in [1.807, 2.05) is 54.6 Å². The van der Waals surface area contributed by atoms with E-state index >= 15 is 0 Å². The van der Waals surface area contributed by atoms with Gasteiger partial charge in [-0.25, -0.2) is 0 Å². The van der Waals surface area contributed by atoms with Gasteiger partial charge in [-0.15, -0.1) is 0 Å². The van der Waals surface area contributed by atoms with Crippen LogP contribution >= 0.6 is 15.9 Å². The first-order valence-corrected chi connectivity index (χ1v) is 10.0. The first-order valence-electron chi connectivity index (χ1n) is 9.25. The molecule has 2 aromatic rings. The fourth-order valence-corrected chi connectivity index (χ4v) is 4.48. The molecule has 0 heterocycles. The number of carbonyl (C=O) groups excluding carboxylic acids is 2. The van der Waals surface area contributed by atoms with Gasteiger partial charge in [-0.2, -0.15) is 0 Å². The van der Waals surface area contributed by atoms with Gasteiger partial charge >= 0.3 is 0 Å². The van der Waals surface area contributed by atoms with Crippen molar-refractivity contribution in [2.24, 2.45) is 5.92 Å². The highest BCUT2D eigenvalue weighted by Crippen LogP contribution is 2.47. The van der Waals surface area contributed by atoms with Crippen molar-refractivity contribution in [1.29, 1.82) is 0 Å². The molecule has 2 aromatic carbocycles. The summed E-state index contributed by atoms with van der Waals surface area (Å²) in [6.45, 7) is 4.68. The van der Waals surface area contributed by atoms with E-state index in [1.54, 1.807) is 6.92 Å². The van der Waals surface area contributed by atoms with Crippen molar-refractivity contribution >= 4 is 33.2 Å². The number of carbonyl (C=O) groups is 2. The van der Waals surface area contributed by atoms with Crippen LogP contribution in [0.25, 0.3) is 0 Å². The molecular weight excluding hydrogens is 418 g/mol. The lowest BCUT2D eigenvalue weighted by atomic mass is 9.64. The van der Waals surface area contributed by atoms with Gasteiger partial charge in [-0.1, -0.05) is 46.3 Å². The van der Waals surface area contributed by atoms with E-state index in [1.165, 1.54) is 13.8 Å². The average Bonchev–Trinajstić information content (AvgIpc) is 2.62. The molecule has 1 aliphatic carbocycles. The second-order valence-electron chi connectivity index (χ2n) is 7.59. The van der Waals surface area contributed by atoms with E-state index in [9.17, 15) is 14.7 Å². The maximum absolute atomic E-state index is 12.7. The molecule has 0 bridgehead atoms. The summed E-state index contributed by atoms with van der Waals surface area (Å²) >= 11 is 3.42. The molecular formula is C23H24BrNO3. The van der Waals surface area contributed by atoms with Crippen LogP contribution in [0.2, 0.25) is 0 Å². The number of ketones is 2. The third-order valence-corrected chi connectivity index (χ3v) is 5.82. The summed E-state index contributed by atoms with van der Waals surface area (Å²) in [5.41, 5.74) is 1.61. The molecule has 0 saturated carbocycles. The molecule has 5 heteroatoms. The number of hydrogen-bond donors (Lipinski definition) is 2. The highest BCUT2D eigenvalue weighted by Gasteiger charge is 2.49. The summed E-state index contributed by atoms with van der Waals surface area (Å²) in [5, 5.41) is 14.5. The predicted molar refractivity (Wildman–Crippen MR) is 114 cm³/mol. The van der Waals surface area contributed by atoms with Gasteiger partial charge in [0.1, 0.15) is 5.78 Å². The summed E-state index contributed by atoms with van der Waals surface area (Å²) in [6.07, 6.45) is 0.200. The summed E-state index contributed by atoms with van der Waals surface area (Å²) in [4.78, 5) is 25.3. The maximum Gasteiger partial charge on any atom is 0.158 e. The summed E-state index contributed by atoms with van der Waals surface area (Å²) in [6, 6.07) is 17.1. The Kier molecular flexibility index (Phi) is 5.87. The van der Waals surface area contributed by atoms with Gasteiger partial charge in [0.25, 0.3) is 0 Å². The molecule has 0 radical (unpaired) electrons. The molecule has 3 atom stereocenters. The van der Waals surface area contributed by atoms with Crippen LogP contribution in [0.3, 0.4) is 0 Å². The average molecular weight is 442 g/mol. The Balaban J connectivity index is 2.18. The van der Waals surface area contributed by atoms with Gasteiger partial charge in [0.05, 0.1) is 11.5 Å². The van der Waals surface area contributed by atoms with Gasteiger partial charge < -0.3 is 10.4 Å². The van der Waals surface area contributed by atoms with Crippen LogP contribution in [-0.4, -0.2) is 22.3 Å². The number of halogens is 1. The van der Waals surface area contributed by atoms with Crippen LogP contribution in [0.1, 0.15) is 38.7 Å². The molecule has 0 amide bonds. The zero-order valence-corrected chi connectivity index (χ0v) is 17.8. The van der Waals surface area contributed by atoms with E-state index in [-0.39, 0.29) is 18.0 Å². The Morgan fingerprint density at radius 2 is 1.68 bits per heavy atom. The van der Waals surface area contributed by atoms with Crippen molar-refractivity contribution in [3.8, 4) is 0 Å². The van der Waals surface area contributed by atoms with Crippen molar-refractivity contribution in [1.82, 2.24) is 0 Å². The van der Waals surface area contributed by atoms with E-state index < -0.39 is 17.4 Å². The van der Waals surface area contributed by atoms with Gasteiger partial charge in [0, 0.05) is 33.8 Å². The number of aliphatic hydroxyl groups is 1. The standard InChI is InChI=1S/C23H24BrNO3/c1-14(26)20-19(25-18-11-9-17(24)10-12-18)13-23(3,28)22(15(2)27)21(20)16-7-5-4-6-8-16/h4-12,21-22,25,28H,13H2,1-3H3/t21-,22+,23+/m0/s1. The number of hydrogen-bond acceptors (Lipinski definition) is 4. The minimum absolute atomic E-state index is 0.102. The lowest BCUT2D eigenvalue weighted by molar-refractivity contribution is -0.131. The van der Waals surface area contributed by atoms with Crippen molar-refractivity contribution in [3.63, 3.8) is 0 Å². The van der Waals surface area contributed by atoms with E-state index in [4.69, 9.17) is 0 Å². The van der Waals surface area contributed by atoms with Crippen LogP contribution in [0.15, 0.2) is 70.3 Å². The molecule has 3 rings (SSSR count). The maximum atomic E-state index is 12.7. The smallest absolute Gasteiger partial charge is 0.158 e. The number of nitrogens with one attached hydrogen (secondary N) is 1. The minimum atomic E-state index is -1.27. The number of benzene rings is 2. The molecule has 0 unspecified atom stereocenters. The zero-order valence-electron chi connectivity index (χ0n) is 16.2. The molecule has 1 aliphatic rings. The quantitative estimate of drug-likeness (QED) is 0.695. The number of anilines is 1. The molecule has 4 nitrogen and oxygen atoms in total. The van der Waals surface area contributed by atoms with Crippen molar-refractivity contribution < 1.29 is 14.7 Å².